The van der Waals surface area contributed by atoms with Crippen LogP contribution >= 0.6 is 23.2 Å². The van der Waals surface area contributed by atoms with Crippen LogP contribution < -0.4 is 0 Å². The highest BCUT2D eigenvalue weighted by atomic mass is 35.5. The molecular weight excluding hydrogens is 331 g/mol. The summed E-state index contributed by atoms with van der Waals surface area (Å²) in [7, 11) is 0. The molecule has 0 aromatic carbocycles. The van der Waals surface area contributed by atoms with E-state index in [4.69, 9.17) is 23.2 Å². The van der Waals surface area contributed by atoms with Gasteiger partial charge in [0.2, 0.25) is 10.5 Å². The van der Waals surface area contributed by atoms with Gasteiger partial charge < -0.3 is 0 Å². The summed E-state index contributed by atoms with van der Waals surface area (Å²) in [6.45, 7) is 2.26. The molecule has 0 saturated heterocycles. The van der Waals surface area contributed by atoms with E-state index in [1.54, 1.807) is 0 Å². The molecule has 0 fully saturated rings. The van der Waals surface area contributed by atoms with Crippen LogP contribution in [-0.4, -0.2) is 10.5 Å². The van der Waals surface area contributed by atoms with Crippen molar-refractivity contribution in [2.45, 2.75) is 103 Å². The second-order valence-electron chi connectivity index (χ2n) is 6.55. The first-order chi connectivity index (χ1) is 11.1. The fourth-order valence-corrected chi connectivity index (χ4v) is 3.33. The van der Waals surface area contributed by atoms with Gasteiger partial charge in [0.25, 0.3) is 0 Å². The molecular formula is C19H34Cl2O2. The predicted molar refractivity (Wildman–Crippen MR) is 100 cm³/mol. The van der Waals surface area contributed by atoms with Gasteiger partial charge in [0.1, 0.15) is 5.92 Å². The van der Waals surface area contributed by atoms with Gasteiger partial charge in [0.15, 0.2) is 0 Å². The Kier molecular flexibility index (Phi) is 16.7. The van der Waals surface area contributed by atoms with E-state index in [1.807, 2.05) is 0 Å². The quantitative estimate of drug-likeness (QED) is 0.158. The van der Waals surface area contributed by atoms with Crippen LogP contribution in [0.2, 0.25) is 0 Å². The van der Waals surface area contributed by atoms with E-state index < -0.39 is 16.4 Å². The molecule has 0 aliphatic rings. The van der Waals surface area contributed by atoms with Crippen LogP contribution in [0.15, 0.2) is 0 Å². The largest absolute Gasteiger partial charge is 0.280 e. The fourth-order valence-electron chi connectivity index (χ4n) is 2.86. The summed E-state index contributed by atoms with van der Waals surface area (Å²) in [4.78, 5) is 22.0. The third-order valence-corrected chi connectivity index (χ3v) is 4.92. The molecule has 0 saturated carbocycles. The molecule has 2 nitrogen and oxygen atoms in total. The number of carbonyl (C=O) groups excluding carboxylic acids is 2. The lowest BCUT2D eigenvalue weighted by atomic mass is 10.0. The van der Waals surface area contributed by atoms with Gasteiger partial charge in [-0.2, -0.15) is 0 Å². The molecule has 0 N–H and O–H groups in total. The van der Waals surface area contributed by atoms with Crippen LogP contribution in [0.5, 0.6) is 0 Å². The topological polar surface area (TPSA) is 34.1 Å². The number of unbranched alkanes of at least 4 members (excludes halogenated alkanes) is 13. The first kappa shape index (κ1) is 22.9. The molecule has 0 atom stereocenters. The van der Waals surface area contributed by atoms with Gasteiger partial charge in [-0.1, -0.05) is 96.8 Å². The van der Waals surface area contributed by atoms with Crippen molar-refractivity contribution in [3.8, 4) is 0 Å². The Labute approximate surface area is 152 Å². The average molecular weight is 365 g/mol. The Morgan fingerprint density at radius 1 is 0.609 bits per heavy atom. The van der Waals surface area contributed by atoms with E-state index in [1.165, 1.54) is 70.6 Å². The Morgan fingerprint density at radius 3 is 1.22 bits per heavy atom. The maximum atomic E-state index is 11.0. The third kappa shape index (κ3) is 15.2. The van der Waals surface area contributed by atoms with Crippen LogP contribution in [0.4, 0.5) is 0 Å². The zero-order chi connectivity index (χ0) is 17.3. The lowest BCUT2D eigenvalue weighted by Gasteiger charge is -2.07. The van der Waals surface area contributed by atoms with E-state index in [9.17, 15) is 9.59 Å². The zero-order valence-electron chi connectivity index (χ0n) is 14.8. The minimum atomic E-state index is -0.810. The maximum absolute atomic E-state index is 11.0. The van der Waals surface area contributed by atoms with Gasteiger partial charge in [-0.25, -0.2) is 0 Å². The highest BCUT2D eigenvalue weighted by Crippen LogP contribution is 2.18. The summed E-state index contributed by atoms with van der Waals surface area (Å²) >= 11 is 10.7. The molecule has 4 heteroatoms. The second-order valence-corrected chi connectivity index (χ2v) is 7.29. The number of halogens is 2. The summed E-state index contributed by atoms with van der Waals surface area (Å²) < 4.78 is 0. The fraction of sp³-hybridized carbons (Fsp3) is 0.895. The van der Waals surface area contributed by atoms with E-state index in [2.05, 4.69) is 6.92 Å². The van der Waals surface area contributed by atoms with Gasteiger partial charge in [-0.15, -0.1) is 0 Å². The van der Waals surface area contributed by atoms with Crippen LogP contribution in [0, 0.1) is 5.92 Å². The Hall–Kier alpha value is -0.0800. The van der Waals surface area contributed by atoms with Gasteiger partial charge in [-0.3, -0.25) is 9.59 Å². The molecule has 0 aliphatic carbocycles. The minimum absolute atomic E-state index is 0.489. The summed E-state index contributed by atoms with van der Waals surface area (Å²) in [6, 6.07) is 0. The molecule has 0 heterocycles. The Bertz CT molecular complexity index is 292. The minimum Gasteiger partial charge on any atom is -0.280 e. The van der Waals surface area contributed by atoms with E-state index in [0.29, 0.717) is 6.42 Å². The van der Waals surface area contributed by atoms with Crippen LogP contribution in [0.3, 0.4) is 0 Å². The van der Waals surface area contributed by atoms with Crippen molar-refractivity contribution in [2.75, 3.05) is 0 Å². The average Bonchev–Trinajstić information content (AvgIpc) is 2.50. The second kappa shape index (κ2) is 16.8. The molecule has 0 unspecified atom stereocenters. The first-order valence-electron chi connectivity index (χ1n) is 9.48. The molecule has 0 spiro atoms. The van der Waals surface area contributed by atoms with E-state index >= 15 is 0 Å². The SMILES string of the molecule is CCCCCCCCCCCCCCCCC(C(=O)Cl)C(=O)Cl. The van der Waals surface area contributed by atoms with Crippen LogP contribution in [0.25, 0.3) is 0 Å². The normalized spacial score (nSPS) is 11.1. The van der Waals surface area contributed by atoms with Crippen molar-refractivity contribution in [2.24, 2.45) is 5.92 Å². The number of carbonyl (C=O) groups is 2. The molecule has 0 radical (unpaired) electrons. The lowest BCUT2D eigenvalue weighted by molar-refractivity contribution is -0.124. The maximum Gasteiger partial charge on any atom is 0.233 e. The van der Waals surface area contributed by atoms with E-state index in [0.717, 1.165) is 19.3 Å². The highest BCUT2D eigenvalue weighted by molar-refractivity contribution is 6.73. The Balaban J connectivity index is 3.24. The molecule has 23 heavy (non-hydrogen) atoms. The van der Waals surface area contributed by atoms with Crippen molar-refractivity contribution in [1.29, 1.82) is 0 Å². The molecule has 0 amide bonds. The van der Waals surface area contributed by atoms with Gasteiger partial charge in [0, 0.05) is 0 Å². The number of hydrogen-bond acceptors (Lipinski definition) is 2. The molecule has 136 valence electrons. The predicted octanol–water partition coefficient (Wildman–Crippen LogP) is 7.00. The van der Waals surface area contributed by atoms with Crippen molar-refractivity contribution in [1.82, 2.24) is 0 Å². The van der Waals surface area contributed by atoms with Gasteiger partial charge >= 0.3 is 0 Å². The highest BCUT2D eigenvalue weighted by Gasteiger charge is 2.22. The monoisotopic (exact) mass is 364 g/mol. The van der Waals surface area contributed by atoms with Crippen molar-refractivity contribution < 1.29 is 9.59 Å². The molecule has 0 bridgehead atoms. The summed E-state index contributed by atoms with van der Waals surface area (Å²) in [5.74, 6) is -0.810. The first-order valence-corrected chi connectivity index (χ1v) is 10.2. The van der Waals surface area contributed by atoms with Crippen molar-refractivity contribution in [3.63, 3.8) is 0 Å². The van der Waals surface area contributed by atoms with Crippen molar-refractivity contribution in [3.05, 3.63) is 0 Å². The molecule has 0 aliphatic heterocycles. The summed E-state index contributed by atoms with van der Waals surface area (Å²) in [6.07, 6.45) is 18.5. The molecule has 0 aromatic heterocycles. The summed E-state index contributed by atoms with van der Waals surface area (Å²) in [5.41, 5.74) is 0. The number of rotatable bonds is 17. The van der Waals surface area contributed by atoms with Gasteiger partial charge in [0.05, 0.1) is 0 Å². The van der Waals surface area contributed by atoms with Gasteiger partial charge in [-0.05, 0) is 29.6 Å². The number of hydrogen-bond donors (Lipinski definition) is 0. The zero-order valence-corrected chi connectivity index (χ0v) is 16.3. The van der Waals surface area contributed by atoms with Crippen molar-refractivity contribution >= 4 is 33.7 Å². The third-order valence-electron chi connectivity index (χ3n) is 4.39. The van der Waals surface area contributed by atoms with Crippen LogP contribution in [0.1, 0.15) is 103 Å². The molecule has 0 rings (SSSR count). The smallest absolute Gasteiger partial charge is 0.233 e. The van der Waals surface area contributed by atoms with E-state index in [-0.39, 0.29) is 0 Å². The Morgan fingerprint density at radius 2 is 0.913 bits per heavy atom. The molecule has 0 aromatic rings. The van der Waals surface area contributed by atoms with Crippen LogP contribution in [-0.2, 0) is 9.59 Å². The lowest BCUT2D eigenvalue weighted by Crippen LogP contribution is -2.15. The standard InChI is InChI=1S/C19H34Cl2O2/c1-2-3-4-5-6-7-8-9-10-11-12-13-14-15-16-17(18(20)22)19(21)23/h17H,2-16H2,1H3. The summed E-state index contributed by atoms with van der Waals surface area (Å²) in [5, 5.41) is -1.25.